The van der Waals surface area contributed by atoms with Gasteiger partial charge in [-0.15, -0.1) is 0 Å². The molecule has 3 rings (SSSR count). The Hall–Kier alpha value is -0.997. The molecule has 0 heterocycles. The van der Waals surface area contributed by atoms with Gasteiger partial charge in [-0.3, -0.25) is 0 Å². The summed E-state index contributed by atoms with van der Waals surface area (Å²) < 4.78 is 0. The van der Waals surface area contributed by atoms with Crippen LogP contribution in [0.1, 0.15) is 0 Å². The van der Waals surface area contributed by atoms with Crippen molar-refractivity contribution in [3.63, 3.8) is 0 Å². The molecule has 0 nitrogen and oxygen atoms in total. The van der Waals surface area contributed by atoms with Gasteiger partial charge in [0.2, 0.25) is 0 Å². The zero-order valence-electron chi connectivity index (χ0n) is 11.4. The molecule has 0 saturated heterocycles. The summed E-state index contributed by atoms with van der Waals surface area (Å²) in [5, 5.41) is 3.66. The maximum absolute atomic E-state index is 7.25. The van der Waals surface area contributed by atoms with Crippen molar-refractivity contribution < 1.29 is 19.5 Å². The first-order valence-corrected chi connectivity index (χ1v) is 9.68. The Morgan fingerprint density at radius 2 is 0.714 bits per heavy atom. The van der Waals surface area contributed by atoms with Crippen molar-refractivity contribution in [1.29, 1.82) is 0 Å². The van der Waals surface area contributed by atoms with Gasteiger partial charge in [-0.25, -0.2) is 0 Å². The molecule has 3 aromatic carbocycles. The van der Waals surface area contributed by atoms with Gasteiger partial charge in [0, 0.05) is 19.5 Å². The van der Waals surface area contributed by atoms with E-state index in [2.05, 4.69) is 72.8 Å². The van der Waals surface area contributed by atoms with Crippen LogP contribution < -0.4 is 15.9 Å². The Labute approximate surface area is 144 Å². The normalized spacial score (nSPS) is 11.5. The maximum Gasteiger partial charge on any atom is 0 e. The summed E-state index contributed by atoms with van der Waals surface area (Å²) in [4.78, 5) is 0. The smallest absolute Gasteiger partial charge is 0 e. The fourth-order valence-corrected chi connectivity index (χ4v) is 6.59. The summed E-state index contributed by atoms with van der Waals surface area (Å²) in [7, 11) is 0. The van der Waals surface area contributed by atoms with E-state index >= 15 is 0 Å². The standard InChI is InChI=1S/C18H16ClP.Rh/c19-20(16-10-4-1-5-11-16,17-12-6-2-7-13-17)18-14-8-3-9-15-18;/h1-15,20H;. The largest absolute Gasteiger partial charge is 0 e. The van der Waals surface area contributed by atoms with Crippen LogP contribution >= 0.6 is 17.9 Å². The van der Waals surface area contributed by atoms with Crippen LogP contribution in [0.4, 0.5) is 0 Å². The van der Waals surface area contributed by atoms with Gasteiger partial charge < -0.3 is 0 Å². The Balaban J connectivity index is 0.00000161. The number of hydrogen-bond donors (Lipinski definition) is 0. The minimum Gasteiger partial charge on any atom is 0 e. The molecule has 3 heteroatoms. The number of rotatable bonds is 3. The molecular weight excluding hydrogens is 386 g/mol. The van der Waals surface area contributed by atoms with Crippen LogP contribution in [-0.4, -0.2) is 0 Å². The number of benzene rings is 3. The summed E-state index contributed by atoms with van der Waals surface area (Å²) in [5.41, 5.74) is 0. The van der Waals surface area contributed by atoms with Crippen LogP contribution in [0.3, 0.4) is 0 Å². The summed E-state index contributed by atoms with van der Waals surface area (Å²) in [6.45, 7) is -2.41. The molecular formula is C18H16ClPRh. The maximum atomic E-state index is 7.25. The molecule has 109 valence electrons. The third-order valence-electron chi connectivity index (χ3n) is 3.51. The van der Waals surface area contributed by atoms with Crippen LogP contribution in [0.25, 0.3) is 0 Å². The van der Waals surface area contributed by atoms with Crippen molar-refractivity contribution in [2.45, 2.75) is 0 Å². The van der Waals surface area contributed by atoms with Crippen LogP contribution in [-0.2, 0) is 19.5 Å². The van der Waals surface area contributed by atoms with Gasteiger partial charge in [-0.1, -0.05) is 0 Å². The van der Waals surface area contributed by atoms with Gasteiger partial charge in [0.15, 0.2) is 0 Å². The zero-order chi connectivity index (χ0) is 13.8. The minimum atomic E-state index is -2.41. The van der Waals surface area contributed by atoms with Crippen molar-refractivity contribution in [2.75, 3.05) is 0 Å². The molecule has 0 amide bonds. The van der Waals surface area contributed by atoms with E-state index in [4.69, 9.17) is 11.2 Å². The molecule has 3 aromatic rings. The van der Waals surface area contributed by atoms with E-state index in [1.807, 2.05) is 18.2 Å². The molecule has 0 aliphatic carbocycles. The molecule has 0 aliphatic rings. The molecule has 21 heavy (non-hydrogen) atoms. The Morgan fingerprint density at radius 1 is 0.476 bits per heavy atom. The van der Waals surface area contributed by atoms with Crippen LogP contribution in [0.15, 0.2) is 91.0 Å². The van der Waals surface area contributed by atoms with Crippen molar-refractivity contribution in [3.05, 3.63) is 91.0 Å². The van der Waals surface area contributed by atoms with E-state index in [-0.39, 0.29) is 19.5 Å². The quantitative estimate of drug-likeness (QED) is 0.462. The first-order chi connectivity index (χ1) is 9.82. The second-order valence-corrected chi connectivity index (χ2v) is 9.51. The van der Waals surface area contributed by atoms with E-state index in [0.29, 0.717) is 0 Å². The zero-order valence-corrected chi connectivity index (χ0v) is 14.8. The van der Waals surface area contributed by atoms with E-state index < -0.39 is 6.62 Å². The number of halogens is 1. The van der Waals surface area contributed by atoms with Crippen molar-refractivity contribution in [1.82, 2.24) is 0 Å². The molecule has 0 aromatic heterocycles. The molecule has 0 aliphatic heterocycles. The molecule has 0 fully saturated rings. The summed E-state index contributed by atoms with van der Waals surface area (Å²) in [6, 6.07) is 31.3. The molecule has 0 unspecified atom stereocenters. The third kappa shape index (κ3) is 3.27. The van der Waals surface area contributed by atoms with Gasteiger partial charge in [0.25, 0.3) is 0 Å². The summed E-state index contributed by atoms with van der Waals surface area (Å²) in [6.07, 6.45) is 0. The van der Waals surface area contributed by atoms with Gasteiger partial charge in [0.05, 0.1) is 0 Å². The van der Waals surface area contributed by atoms with E-state index in [9.17, 15) is 0 Å². The number of hydrogen-bond acceptors (Lipinski definition) is 0. The molecule has 0 bridgehead atoms. The van der Waals surface area contributed by atoms with E-state index in [1.54, 1.807) is 0 Å². The van der Waals surface area contributed by atoms with E-state index in [1.165, 1.54) is 15.9 Å². The Bertz CT molecular complexity index is 575. The van der Waals surface area contributed by atoms with Gasteiger partial charge in [0.1, 0.15) is 0 Å². The van der Waals surface area contributed by atoms with Crippen LogP contribution in [0.2, 0.25) is 0 Å². The summed E-state index contributed by atoms with van der Waals surface area (Å²) >= 11 is 7.25. The van der Waals surface area contributed by atoms with Crippen molar-refractivity contribution in [3.8, 4) is 0 Å². The first kappa shape index (κ1) is 16.4. The van der Waals surface area contributed by atoms with Crippen molar-refractivity contribution in [2.24, 2.45) is 0 Å². The fraction of sp³-hybridized carbons (Fsp3) is 0. The predicted octanol–water partition coefficient (Wildman–Crippen LogP) is 3.86. The minimum absolute atomic E-state index is 0. The van der Waals surface area contributed by atoms with Gasteiger partial charge >= 0.3 is 125 Å². The second-order valence-electron chi connectivity index (χ2n) is 4.76. The fourth-order valence-electron chi connectivity index (χ4n) is 2.50. The average Bonchev–Trinajstić information content (AvgIpc) is 2.56. The van der Waals surface area contributed by atoms with Gasteiger partial charge in [-0.2, -0.15) is 0 Å². The van der Waals surface area contributed by atoms with Crippen molar-refractivity contribution >= 4 is 33.8 Å². The van der Waals surface area contributed by atoms with E-state index in [0.717, 1.165) is 0 Å². The van der Waals surface area contributed by atoms with Gasteiger partial charge in [-0.05, 0) is 0 Å². The van der Waals surface area contributed by atoms with Crippen LogP contribution in [0.5, 0.6) is 0 Å². The molecule has 0 atom stereocenters. The molecule has 0 saturated carbocycles. The molecule has 0 spiro atoms. The Morgan fingerprint density at radius 3 is 0.952 bits per heavy atom. The first-order valence-electron chi connectivity index (χ1n) is 6.67. The molecule has 1 radical (unpaired) electrons. The average molecular weight is 402 g/mol. The summed E-state index contributed by atoms with van der Waals surface area (Å²) in [5.74, 6) is 0. The topological polar surface area (TPSA) is 0 Å². The Kier molecular flexibility index (Phi) is 5.71. The SMILES string of the molecule is Cl[PH](c1ccccc1)(c1ccccc1)c1ccccc1.[Rh]. The monoisotopic (exact) mass is 401 g/mol. The predicted molar refractivity (Wildman–Crippen MR) is 92.4 cm³/mol. The van der Waals surface area contributed by atoms with Crippen LogP contribution in [0, 0.1) is 0 Å². The second kappa shape index (κ2) is 7.32. The molecule has 0 N–H and O–H groups in total. The third-order valence-corrected chi connectivity index (χ3v) is 8.87.